The predicted molar refractivity (Wildman–Crippen MR) is 48.6 cm³/mol. The number of hydrogen-bond donors (Lipinski definition) is 2. The molecule has 0 spiro atoms. The van der Waals surface area contributed by atoms with E-state index in [1.165, 1.54) is 6.33 Å². The Morgan fingerprint density at radius 1 is 1.62 bits per heavy atom. The smallest absolute Gasteiger partial charge is 0.155 e. The second-order valence-electron chi connectivity index (χ2n) is 2.80. The van der Waals surface area contributed by atoms with Gasteiger partial charge in [0.25, 0.3) is 0 Å². The minimum absolute atomic E-state index is 0.156. The lowest BCUT2D eigenvalue weighted by Crippen LogP contribution is -2.12. The number of amidine groups is 1. The Bertz CT molecular complexity index is 444. The molecule has 2 heterocycles. The van der Waals surface area contributed by atoms with Crippen LogP contribution in [-0.4, -0.2) is 20.4 Å². The fourth-order valence-electron chi connectivity index (χ4n) is 1.19. The highest BCUT2D eigenvalue weighted by Gasteiger charge is 1.98. The summed E-state index contributed by atoms with van der Waals surface area (Å²) in [5.41, 5.74) is 7.04. The molecule has 5 nitrogen and oxygen atoms in total. The number of nitrogens with one attached hydrogen (secondary N) is 1. The van der Waals surface area contributed by atoms with E-state index < -0.39 is 0 Å². The van der Waals surface area contributed by atoms with E-state index in [0.29, 0.717) is 6.42 Å². The van der Waals surface area contributed by atoms with Crippen LogP contribution in [0.4, 0.5) is 0 Å². The minimum Gasteiger partial charge on any atom is -0.387 e. The third-order valence-corrected chi connectivity index (χ3v) is 1.74. The van der Waals surface area contributed by atoms with Gasteiger partial charge in [0.1, 0.15) is 6.33 Å². The molecule has 0 unspecified atom stereocenters. The average molecular weight is 175 g/mol. The predicted octanol–water partition coefficient (Wildman–Crippen LogP) is 0.208. The van der Waals surface area contributed by atoms with Crippen LogP contribution in [0.15, 0.2) is 24.7 Å². The molecule has 13 heavy (non-hydrogen) atoms. The lowest BCUT2D eigenvalue weighted by Gasteiger charge is -1.98. The zero-order valence-corrected chi connectivity index (χ0v) is 6.94. The highest BCUT2D eigenvalue weighted by molar-refractivity contribution is 5.79. The molecule has 0 saturated carbocycles. The van der Waals surface area contributed by atoms with Gasteiger partial charge in [-0.25, -0.2) is 9.50 Å². The molecule has 3 N–H and O–H groups in total. The molecule has 0 saturated heterocycles. The van der Waals surface area contributed by atoms with Gasteiger partial charge in [-0.1, -0.05) is 0 Å². The van der Waals surface area contributed by atoms with Gasteiger partial charge < -0.3 is 5.73 Å². The van der Waals surface area contributed by atoms with Crippen LogP contribution >= 0.6 is 0 Å². The molecule has 2 rings (SSSR count). The Labute approximate surface area is 74.7 Å². The monoisotopic (exact) mass is 175 g/mol. The van der Waals surface area contributed by atoms with Crippen LogP contribution in [0.25, 0.3) is 5.65 Å². The molecule has 0 aliphatic rings. The van der Waals surface area contributed by atoms with E-state index in [-0.39, 0.29) is 5.84 Å². The zero-order chi connectivity index (χ0) is 9.26. The summed E-state index contributed by atoms with van der Waals surface area (Å²) < 4.78 is 1.67. The SMILES string of the molecule is N=C(N)Cc1ccn2ncnc2c1. The van der Waals surface area contributed by atoms with Crippen LogP contribution < -0.4 is 5.73 Å². The molecule has 0 atom stereocenters. The number of rotatable bonds is 2. The van der Waals surface area contributed by atoms with Crippen molar-refractivity contribution in [1.29, 1.82) is 5.41 Å². The fourth-order valence-corrected chi connectivity index (χ4v) is 1.19. The van der Waals surface area contributed by atoms with Gasteiger partial charge in [0, 0.05) is 12.6 Å². The first-order valence-corrected chi connectivity index (χ1v) is 3.87. The van der Waals surface area contributed by atoms with Gasteiger partial charge in [-0.15, -0.1) is 0 Å². The molecule has 66 valence electrons. The van der Waals surface area contributed by atoms with E-state index in [1.54, 1.807) is 10.7 Å². The molecule has 0 aliphatic heterocycles. The second kappa shape index (κ2) is 2.85. The van der Waals surface area contributed by atoms with E-state index in [4.69, 9.17) is 11.1 Å². The van der Waals surface area contributed by atoms with Crippen molar-refractivity contribution in [2.75, 3.05) is 0 Å². The summed E-state index contributed by atoms with van der Waals surface area (Å²) in [7, 11) is 0. The first-order chi connectivity index (χ1) is 6.25. The summed E-state index contributed by atoms with van der Waals surface area (Å²) in [5, 5.41) is 11.1. The van der Waals surface area contributed by atoms with Crippen molar-refractivity contribution in [3.05, 3.63) is 30.2 Å². The van der Waals surface area contributed by atoms with Crippen molar-refractivity contribution in [1.82, 2.24) is 14.6 Å². The fraction of sp³-hybridized carbons (Fsp3) is 0.125. The highest BCUT2D eigenvalue weighted by Crippen LogP contribution is 2.03. The first-order valence-electron chi connectivity index (χ1n) is 3.87. The molecule has 0 aromatic carbocycles. The number of pyridine rings is 1. The number of hydrogen-bond acceptors (Lipinski definition) is 3. The van der Waals surface area contributed by atoms with E-state index in [2.05, 4.69) is 10.1 Å². The summed E-state index contributed by atoms with van der Waals surface area (Å²) >= 11 is 0. The van der Waals surface area contributed by atoms with Crippen molar-refractivity contribution < 1.29 is 0 Å². The molecule has 2 aromatic heterocycles. The van der Waals surface area contributed by atoms with Crippen LogP contribution in [-0.2, 0) is 6.42 Å². The molecule has 0 aliphatic carbocycles. The first kappa shape index (κ1) is 7.72. The summed E-state index contributed by atoms with van der Waals surface area (Å²) in [6.45, 7) is 0. The third-order valence-electron chi connectivity index (χ3n) is 1.74. The maximum Gasteiger partial charge on any atom is 0.155 e. The quantitative estimate of drug-likeness (QED) is 0.505. The standard InChI is InChI=1S/C8H9N5/c9-7(10)3-6-1-2-13-8(4-6)11-5-12-13/h1-2,4-5H,3H2,(H3,9,10). The van der Waals surface area contributed by atoms with Gasteiger partial charge in [0.15, 0.2) is 5.65 Å². The molecule has 0 fully saturated rings. The molecule has 0 radical (unpaired) electrons. The van der Waals surface area contributed by atoms with E-state index in [0.717, 1.165) is 11.2 Å². The molecule has 0 amide bonds. The van der Waals surface area contributed by atoms with Crippen LogP contribution in [0.5, 0.6) is 0 Å². The Kier molecular flexibility index (Phi) is 1.70. The van der Waals surface area contributed by atoms with Crippen molar-refractivity contribution in [2.45, 2.75) is 6.42 Å². The number of aromatic nitrogens is 3. The largest absolute Gasteiger partial charge is 0.387 e. The van der Waals surface area contributed by atoms with Crippen molar-refractivity contribution >= 4 is 11.5 Å². The maximum atomic E-state index is 7.14. The summed E-state index contributed by atoms with van der Waals surface area (Å²) in [5.74, 6) is 0.156. The normalized spacial score (nSPS) is 10.5. The van der Waals surface area contributed by atoms with Crippen molar-refractivity contribution in [2.24, 2.45) is 5.73 Å². The Balaban J connectivity index is 2.42. The summed E-state index contributed by atoms with van der Waals surface area (Å²) in [4.78, 5) is 4.03. The van der Waals surface area contributed by atoms with E-state index >= 15 is 0 Å². The third kappa shape index (κ3) is 1.48. The summed E-state index contributed by atoms with van der Waals surface area (Å²) in [6, 6.07) is 3.75. The average Bonchev–Trinajstić information content (AvgIpc) is 2.49. The maximum absolute atomic E-state index is 7.14. The number of nitrogens with zero attached hydrogens (tertiary/aromatic N) is 3. The van der Waals surface area contributed by atoms with Crippen molar-refractivity contribution in [3.8, 4) is 0 Å². The Hall–Kier alpha value is -1.91. The topological polar surface area (TPSA) is 80.1 Å². The molecular weight excluding hydrogens is 166 g/mol. The molecule has 2 aromatic rings. The Morgan fingerprint density at radius 3 is 3.23 bits per heavy atom. The van der Waals surface area contributed by atoms with Gasteiger partial charge in [-0.2, -0.15) is 5.10 Å². The van der Waals surface area contributed by atoms with Crippen molar-refractivity contribution in [3.63, 3.8) is 0 Å². The Morgan fingerprint density at radius 2 is 2.46 bits per heavy atom. The lowest BCUT2D eigenvalue weighted by atomic mass is 10.2. The second-order valence-corrected chi connectivity index (χ2v) is 2.80. The number of fused-ring (bicyclic) bond motifs is 1. The minimum atomic E-state index is 0.156. The van der Waals surface area contributed by atoms with Crippen LogP contribution in [0.1, 0.15) is 5.56 Å². The zero-order valence-electron chi connectivity index (χ0n) is 6.94. The van der Waals surface area contributed by atoms with E-state index in [1.807, 2.05) is 12.1 Å². The summed E-state index contributed by atoms with van der Waals surface area (Å²) in [6.07, 6.45) is 3.76. The van der Waals surface area contributed by atoms with Gasteiger partial charge in [0.2, 0.25) is 0 Å². The molecule has 5 heteroatoms. The van der Waals surface area contributed by atoms with Crippen LogP contribution in [0, 0.1) is 5.41 Å². The van der Waals surface area contributed by atoms with Gasteiger partial charge in [-0.3, -0.25) is 5.41 Å². The van der Waals surface area contributed by atoms with Crippen LogP contribution in [0.3, 0.4) is 0 Å². The highest BCUT2D eigenvalue weighted by atomic mass is 15.3. The lowest BCUT2D eigenvalue weighted by molar-refractivity contribution is 0.955. The van der Waals surface area contributed by atoms with Gasteiger partial charge >= 0.3 is 0 Å². The van der Waals surface area contributed by atoms with Gasteiger partial charge in [-0.05, 0) is 17.7 Å². The molecular formula is C8H9N5. The molecule has 0 bridgehead atoms. The number of nitrogens with two attached hydrogens (primary N) is 1. The van der Waals surface area contributed by atoms with Crippen LogP contribution in [0.2, 0.25) is 0 Å². The van der Waals surface area contributed by atoms with E-state index in [9.17, 15) is 0 Å². The van der Waals surface area contributed by atoms with Gasteiger partial charge in [0.05, 0.1) is 5.84 Å².